The van der Waals surface area contributed by atoms with Gasteiger partial charge in [0.1, 0.15) is 23.9 Å². The average Bonchev–Trinajstić information content (AvgIpc) is 2.88. The second-order valence-electron chi connectivity index (χ2n) is 8.98. The fourth-order valence-corrected chi connectivity index (χ4v) is 4.33. The average molecular weight is 496 g/mol. The molecule has 0 radical (unpaired) electrons. The van der Waals surface area contributed by atoms with E-state index in [1.165, 1.54) is 7.11 Å². The lowest BCUT2D eigenvalue weighted by Gasteiger charge is -2.37. The Bertz CT molecular complexity index is 1130. The minimum atomic E-state index is -0.628. The lowest BCUT2D eigenvalue weighted by molar-refractivity contribution is -0.123. The first kappa shape index (κ1) is 25.5. The van der Waals surface area contributed by atoms with E-state index in [1.807, 2.05) is 12.1 Å². The number of methoxy groups -OCH3 is 2. The van der Waals surface area contributed by atoms with Gasteiger partial charge in [0.25, 0.3) is 11.8 Å². The third kappa shape index (κ3) is 5.95. The van der Waals surface area contributed by atoms with Crippen molar-refractivity contribution in [3.8, 4) is 11.5 Å². The Hall–Kier alpha value is -3.63. The molecule has 3 N–H and O–H groups in total. The third-order valence-corrected chi connectivity index (χ3v) is 6.36. The zero-order valence-corrected chi connectivity index (χ0v) is 21.0. The summed E-state index contributed by atoms with van der Waals surface area (Å²) in [5.74, 6) is 0.934. The van der Waals surface area contributed by atoms with E-state index in [0.717, 1.165) is 48.9 Å². The van der Waals surface area contributed by atoms with E-state index in [0.29, 0.717) is 24.1 Å². The molecular formula is C26H33N5O5. The molecule has 2 aromatic rings. The zero-order chi connectivity index (χ0) is 25.7. The zero-order valence-electron chi connectivity index (χ0n) is 21.0. The van der Waals surface area contributed by atoms with Crippen molar-refractivity contribution in [3.63, 3.8) is 0 Å². The number of nitrogens with one attached hydrogen (secondary N) is 1. The van der Waals surface area contributed by atoms with E-state index in [1.54, 1.807) is 31.4 Å². The number of amides is 2. The molecule has 2 aliphatic rings. The maximum atomic E-state index is 13.1. The fourth-order valence-electron chi connectivity index (χ4n) is 4.33. The van der Waals surface area contributed by atoms with Gasteiger partial charge in [-0.3, -0.25) is 9.59 Å². The summed E-state index contributed by atoms with van der Waals surface area (Å²) in [5.41, 5.74) is 8.57. The third-order valence-electron chi connectivity index (χ3n) is 6.36. The maximum Gasteiger partial charge on any atom is 0.278 e. The van der Waals surface area contributed by atoms with Crippen LogP contribution in [0.4, 0.5) is 11.4 Å². The Labute approximate surface area is 211 Å². The van der Waals surface area contributed by atoms with E-state index >= 15 is 0 Å². The minimum Gasteiger partial charge on any atom is -0.497 e. The standard InChI is InChI=1S/C26H33N5O5/c1-30-10-12-31(13-11-30)21-15-20(35-3)14-18-6-9-22(36-24(18)21)26(33)28-19-7-4-17(5-8-19)25(32)29-23(27)16-34-2/h4-5,7-8,14-15,22H,6,9-13,16H2,1-3H3,(H,28,33)(H2,27,29,32). The van der Waals surface area contributed by atoms with Crippen molar-refractivity contribution < 1.29 is 23.8 Å². The highest BCUT2D eigenvalue weighted by atomic mass is 16.5. The van der Waals surface area contributed by atoms with E-state index in [4.69, 9.17) is 19.9 Å². The largest absolute Gasteiger partial charge is 0.497 e. The first-order chi connectivity index (χ1) is 17.4. The van der Waals surface area contributed by atoms with Gasteiger partial charge in [0.15, 0.2) is 6.10 Å². The van der Waals surface area contributed by atoms with Gasteiger partial charge < -0.3 is 35.1 Å². The number of aryl methyl sites for hydroxylation is 1. The Balaban J connectivity index is 1.45. The molecule has 2 aliphatic heterocycles. The highest BCUT2D eigenvalue weighted by molar-refractivity contribution is 6.03. The Morgan fingerprint density at radius 3 is 2.53 bits per heavy atom. The van der Waals surface area contributed by atoms with Crippen LogP contribution in [0.5, 0.6) is 11.5 Å². The van der Waals surface area contributed by atoms with Gasteiger partial charge in [-0.1, -0.05) is 0 Å². The molecule has 1 fully saturated rings. The number of aliphatic imine (C=N–C) groups is 1. The predicted molar refractivity (Wildman–Crippen MR) is 138 cm³/mol. The molecule has 0 bridgehead atoms. The number of benzene rings is 2. The van der Waals surface area contributed by atoms with Gasteiger partial charge in [0.05, 0.1) is 12.8 Å². The number of ether oxygens (including phenoxy) is 3. The van der Waals surface area contributed by atoms with Gasteiger partial charge in [0.2, 0.25) is 0 Å². The van der Waals surface area contributed by atoms with Gasteiger partial charge in [-0.25, -0.2) is 0 Å². The van der Waals surface area contributed by atoms with E-state index < -0.39 is 12.0 Å². The molecule has 192 valence electrons. The number of rotatable bonds is 7. The number of hydrogen-bond donors (Lipinski definition) is 2. The molecule has 0 saturated carbocycles. The highest BCUT2D eigenvalue weighted by Gasteiger charge is 2.31. The second kappa shape index (κ2) is 11.4. The van der Waals surface area contributed by atoms with Crippen LogP contribution in [0.25, 0.3) is 0 Å². The lowest BCUT2D eigenvalue weighted by Crippen LogP contribution is -2.45. The lowest BCUT2D eigenvalue weighted by atomic mass is 9.99. The van der Waals surface area contributed by atoms with Gasteiger partial charge in [-0.2, -0.15) is 4.99 Å². The Morgan fingerprint density at radius 2 is 1.86 bits per heavy atom. The van der Waals surface area contributed by atoms with Crippen molar-refractivity contribution in [2.24, 2.45) is 10.7 Å². The maximum absolute atomic E-state index is 13.1. The molecule has 4 rings (SSSR count). The number of amidine groups is 1. The van der Waals surface area contributed by atoms with Crippen LogP contribution in [-0.4, -0.2) is 82.7 Å². The van der Waals surface area contributed by atoms with Crippen molar-refractivity contribution in [1.82, 2.24) is 4.90 Å². The summed E-state index contributed by atoms with van der Waals surface area (Å²) in [4.78, 5) is 33.7. The summed E-state index contributed by atoms with van der Waals surface area (Å²) in [5, 5.41) is 2.90. The monoisotopic (exact) mass is 495 g/mol. The van der Waals surface area contributed by atoms with E-state index in [2.05, 4.69) is 27.2 Å². The smallest absolute Gasteiger partial charge is 0.278 e. The first-order valence-corrected chi connectivity index (χ1v) is 12.0. The van der Waals surface area contributed by atoms with Crippen molar-refractivity contribution in [3.05, 3.63) is 47.5 Å². The number of likely N-dealkylation sites (N-methyl/N-ethyl adjacent to an activating group) is 1. The number of anilines is 2. The number of hydrogen-bond acceptors (Lipinski definition) is 7. The number of nitrogens with zero attached hydrogens (tertiary/aromatic N) is 3. The van der Waals surface area contributed by atoms with Crippen LogP contribution in [0.3, 0.4) is 0 Å². The van der Waals surface area contributed by atoms with Gasteiger partial charge in [0, 0.05) is 56.2 Å². The topological polar surface area (TPSA) is 119 Å². The van der Waals surface area contributed by atoms with Gasteiger partial charge >= 0.3 is 0 Å². The number of fused-ring (bicyclic) bond motifs is 1. The van der Waals surface area contributed by atoms with Crippen molar-refractivity contribution in [2.45, 2.75) is 18.9 Å². The van der Waals surface area contributed by atoms with Crippen molar-refractivity contribution in [1.29, 1.82) is 0 Å². The first-order valence-electron chi connectivity index (χ1n) is 12.0. The molecule has 2 amide bonds. The van der Waals surface area contributed by atoms with E-state index in [-0.39, 0.29) is 18.3 Å². The van der Waals surface area contributed by atoms with Crippen LogP contribution in [0.15, 0.2) is 41.4 Å². The number of carbonyl (C=O) groups is 2. The van der Waals surface area contributed by atoms with Crippen molar-refractivity contribution >= 4 is 29.0 Å². The van der Waals surface area contributed by atoms with Crippen molar-refractivity contribution in [2.75, 3.05) is 64.3 Å². The number of piperazine rings is 1. The molecule has 1 saturated heterocycles. The van der Waals surface area contributed by atoms with Crippen LogP contribution < -0.4 is 25.4 Å². The second-order valence-corrected chi connectivity index (χ2v) is 8.98. The fraction of sp³-hybridized carbons (Fsp3) is 0.423. The molecule has 0 spiro atoms. The molecule has 10 nitrogen and oxygen atoms in total. The number of nitrogens with two attached hydrogens (primary N) is 1. The molecule has 0 aromatic heterocycles. The van der Waals surface area contributed by atoms with Crippen LogP contribution in [-0.2, 0) is 16.0 Å². The minimum absolute atomic E-state index is 0.0771. The van der Waals surface area contributed by atoms with Crippen LogP contribution in [0, 0.1) is 0 Å². The van der Waals surface area contributed by atoms with Crippen LogP contribution >= 0.6 is 0 Å². The summed E-state index contributed by atoms with van der Waals surface area (Å²) in [6, 6.07) is 10.5. The number of carbonyl (C=O) groups excluding carboxylic acids is 2. The SMILES string of the molecule is COCC(N)=NC(=O)c1ccc(NC(=O)C2CCc3cc(OC)cc(N4CCN(C)CC4)c3O2)cc1. The van der Waals surface area contributed by atoms with Crippen LogP contribution in [0.2, 0.25) is 0 Å². The normalized spacial score (nSPS) is 18.2. The summed E-state index contributed by atoms with van der Waals surface area (Å²) >= 11 is 0. The predicted octanol–water partition coefficient (Wildman–Crippen LogP) is 1.92. The summed E-state index contributed by atoms with van der Waals surface area (Å²) in [6.07, 6.45) is 0.634. The Morgan fingerprint density at radius 1 is 1.14 bits per heavy atom. The Kier molecular flexibility index (Phi) is 8.07. The highest BCUT2D eigenvalue weighted by Crippen LogP contribution is 2.41. The van der Waals surface area contributed by atoms with Gasteiger partial charge in [-0.15, -0.1) is 0 Å². The molecule has 0 aliphatic carbocycles. The summed E-state index contributed by atoms with van der Waals surface area (Å²) < 4.78 is 16.7. The molecule has 2 heterocycles. The van der Waals surface area contributed by atoms with E-state index in [9.17, 15) is 9.59 Å². The molecule has 10 heteroatoms. The van der Waals surface area contributed by atoms with Crippen LogP contribution in [0.1, 0.15) is 22.3 Å². The molecule has 1 atom stereocenters. The summed E-state index contributed by atoms with van der Waals surface area (Å²) in [7, 11) is 5.25. The molecular weight excluding hydrogens is 462 g/mol. The molecule has 1 unspecified atom stereocenters. The molecule has 2 aromatic carbocycles. The summed E-state index contributed by atoms with van der Waals surface area (Å²) in [6.45, 7) is 3.75. The van der Waals surface area contributed by atoms with Gasteiger partial charge in [-0.05, 0) is 50.2 Å². The molecule has 36 heavy (non-hydrogen) atoms. The quantitative estimate of drug-likeness (QED) is 0.442.